The summed E-state index contributed by atoms with van der Waals surface area (Å²) in [6, 6.07) is 5.88. The predicted octanol–water partition coefficient (Wildman–Crippen LogP) is 3.24. The zero-order chi connectivity index (χ0) is 15.2. The minimum atomic E-state index is 0.245. The molecule has 4 nitrogen and oxygen atoms in total. The van der Waals surface area contributed by atoms with Crippen LogP contribution in [0.25, 0.3) is 0 Å². The van der Waals surface area contributed by atoms with Gasteiger partial charge in [0.1, 0.15) is 0 Å². The molecule has 0 N–H and O–H groups in total. The number of carbonyl (C=O) groups excluding carboxylic acids is 1. The lowest BCUT2D eigenvalue weighted by molar-refractivity contribution is -0.138. The van der Waals surface area contributed by atoms with Crippen LogP contribution in [0.1, 0.15) is 38.7 Å². The van der Waals surface area contributed by atoms with Gasteiger partial charge in [-0.15, -0.1) is 0 Å². The Balaban J connectivity index is 2.08. The molecule has 0 bridgehead atoms. The van der Waals surface area contributed by atoms with Gasteiger partial charge in [0.05, 0.1) is 13.7 Å². The van der Waals surface area contributed by atoms with Gasteiger partial charge in [-0.2, -0.15) is 0 Å². The van der Waals surface area contributed by atoms with E-state index in [4.69, 9.17) is 9.47 Å². The van der Waals surface area contributed by atoms with E-state index in [0.717, 1.165) is 36.4 Å². The van der Waals surface area contributed by atoms with Gasteiger partial charge in [0.15, 0.2) is 11.5 Å². The third-order valence-corrected chi connectivity index (χ3v) is 4.05. The predicted molar refractivity (Wildman–Crippen MR) is 82.6 cm³/mol. The molecule has 0 heterocycles. The molecule has 1 aliphatic rings. The van der Waals surface area contributed by atoms with E-state index < -0.39 is 0 Å². The van der Waals surface area contributed by atoms with Crippen molar-refractivity contribution in [1.82, 2.24) is 4.90 Å². The van der Waals surface area contributed by atoms with E-state index in [1.807, 2.05) is 36.9 Å². The highest BCUT2D eigenvalue weighted by molar-refractivity contribution is 5.79. The number of carbonyl (C=O) groups is 1. The van der Waals surface area contributed by atoms with Crippen LogP contribution in [-0.2, 0) is 11.3 Å². The first kappa shape index (κ1) is 15.7. The minimum Gasteiger partial charge on any atom is -0.493 e. The van der Waals surface area contributed by atoms with Crippen LogP contribution < -0.4 is 9.47 Å². The molecule has 1 aromatic rings. The SMILES string of the molecule is CCOc1ccc(CN(CC)C(=O)C2CCC2)cc1OC. The van der Waals surface area contributed by atoms with Crippen LogP contribution in [0.4, 0.5) is 0 Å². The lowest BCUT2D eigenvalue weighted by Crippen LogP contribution is -2.38. The topological polar surface area (TPSA) is 38.8 Å². The molecule has 0 radical (unpaired) electrons. The Hall–Kier alpha value is -1.71. The van der Waals surface area contributed by atoms with E-state index in [2.05, 4.69) is 0 Å². The van der Waals surface area contributed by atoms with Gasteiger partial charge in [0.25, 0.3) is 0 Å². The number of nitrogens with zero attached hydrogens (tertiary/aromatic N) is 1. The molecule has 1 fully saturated rings. The van der Waals surface area contributed by atoms with Crippen molar-refractivity contribution in [3.05, 3.63) is 23.8 Å². The molecule has 1 aromatic carbocycles. The zero-order valence-corrected chi connectivity index (χ0v) is 13.2. The molecule has 1 amide bonds. The first-order valence-corrected chi connectivity index (χ1v) is 7.78. The van der Waals surface area contributed by atoms with E-state index in [1.54, 1.807) is 7.11 Å². The van der Waals surface area contributed by atoms with Crippen LogP contribution in [0.5, 0.6) is 11.5 Å². The Kier molecular flexibility index (Phi) is 5.48. The van der Waals surface area contributed by atoms with E-state index >= 15 is 0 Å². The molecular weight excluding hydrogens is 266 g/mol. The molecule has 0 aliphatic heterocycles. The highest BCUT2D eigenvalue weighted by Gasteiger charge is 2.28. The highest BCUT2D eigenvalue weighted by atomic mass is 16.5. The maximum atomic E-state index is 12.4. The number of benzene rings is 1. The minimum absolute atomic E-state index is 0.245. The molecule has 0 unspecified atom stereocenters. The van der Waals surface area contributed by atoms with E-state index in [9.17, 15) is 4.79 Å². The Morgan fingerprint density at radius 3 is 2.57 bits per heavy atom. The standard InChI is InChI=1S/C17H25NO3/c1-4-18(17(19)14-7-6-8-14)12-13-9-10-15(21-5-2)16(11-13)20-3/h9-11,14H,4-8,12H2,1-3H3. The van der Waals surface area contributed by atoms with Gasteiger partial charge in [0, 0.05) is 19.0 Å². The Bertz CT molecular complexity index is 483. The summed E-state index contributed by atoms with van der Waals surface area (Å²) in [5.41, 5.74) is 1.07. The van der Waals surface area contributed by atoms with Crippen LogP contribution in [-0.4, -0.2) is 31.1 Å². The van der Waals surface area contributed by atoms with Gasteiger partial charge in [-0.05, 0) is 44.4 Å². The maximum Gasteiger partial charge on any atom is 0.225 e. The second kappa shape index (κ2) is 7.34. The molecule has 21 heavy (non-hydrogen) atoms. The first-order chi connectivity index (χ1) is 10.2. The summed E-state index contributed by atoms with van der Waals surface area (Å²) in [5, 5.41) is 0. The summed E-state index contributed by atoms with van der Waals surface area (Å²) in [5.74, 6) is 2.00. The lowest BCUT2D eigenvalue weighted by atomic mass is 9.84. The average Bonchev–Trinajstić information content (AvgIpc) is 2.44. The third kappa shape index (κ3) is 3.69. The summed E-state index contributed by atoms with van der Waals surface area (Å²) >= 11 is 0. The van der Waals surface area contributed by atoms with Gasteiger partial charge in [0.2, 0.25) is 5.91 Å². The van der Waals surface area contributed by atoms with Crippen LogP contribution in [0.3, 0.4) is 0 Å². The van der Waals surface area contributed by atoms with E-state index in [1.165, 1.54) is 6.42 Å². The zero-order valence-electron chi connectivity index (χ0n) is 13.2. The Labute approximate surface area is 127 Å². The summed E-state index contributed by atoms with van der Waals surface area (Å²) in [6.07, 6.45) is 3.27. The van der Waals surface area contributed by atoms with Crippen LogP contribution in [0.15, 0.2) is 18.2 Å². The number of hydrogen-bond donors (Lipinski definition) is 0. The molecule has 0 atom stereocenters. The Morgan fingerprint density at radius 1 is 1.29 bits per heavy atom. The van der Waals surface area contributed by atoms with Gasteiger partial charge >= 0.3 is 0 Å². The molecule has 0 spiro atoms. The molecule has 4 heteroatoms. The summed E-state index contributed by atoms with van der Waals surface area (Å²) in [7, 11) is 1.64. The average molecular weight is 291 g/mol. The number of hydrogen-bond acceptors (Lipinski definition) is 3. The van der Waals surface area contributed by atoms with Gasteiger partial charge in [-0.1, -0.05) is 12.5 Å². The number of rotatable bonds is 7. The van der Waals surface area contributed by atoms with Crippen molar-refractivity contribution in [1.29, 1.82) is 0 Å². The van der Waals surface area contributed by atoms with Crippen molar-refractivity contribution in [2.24, 2.45) is 5.92 Å². The third-order valence-electron chi connectivity index (χ3n) is 4.05. The monoisotopic (exact) mass is 291 g/mol. The first-order valence-electron chi connectivity index (χ1n) is 7.78. The molecule has 1 aliphatic carbocycles. The Morgan fingerprint density at radius 2 is 2.05 bits per heavy atom. The van der Waals surface area contributed by atoms with Crippen LogP contribution in [0.2, 0.25) is 0 Å². The van der Waals surface area contributed by atoms with Gasteiger partial charge < -0.3 is 14.4 Å². The fourth-order valence-electron chi connectivity index (χ4n) is 2.56. The van der Waals surface area contributed by atoms with Gasteiger partial charge in [-0.3, -0.25) is 4.79 Å². The largest absolute Gasteiger partial charge is 0.493 e. The number of methoxy groups -OCH3 is 1. The molecule has 0 saturated heterocycles. The van der Waals surface area contributed by atoms with Crippen molar-refractivity contribution in [2.75, 3.05) is 20.3 Å². The number of ether oxygens (including phenoxy) is 2. The van der Waals surface area contributed by atoms with Crippen molar-refractivity contribution in [2.45, 2.75) is 39.7 Å². The smallest absolute Gasteiger partial charge is 0.225 e. The van der Waals surface area contributed by atoms with Crippen molar-refractivity contribution >= 4 is 5.91 Å². The summed E-state index contributed by atoms with van der Waals surface area (Å²) < 4.78 is 10.9. The van der Waals surface area contributed by atoms with E-state index in [0.29, 0.717) is 13.2 Å². The van der Waals surface area contributed by atoms with Gasteiger partial charge in [-0.25, -0.2) is 0 Å². The lowest BCUT2D eigenvalue weighted by Gasteiger charge is -2.31. The fourth-order valence-corrected chi connectivity index (χ4v) is 2.56. The van der Waals surface area contributed by atoms with Crippen LogP contribution in [0, 0.1) is 5.92 Å². The molecule has 2 rings (SSSR count). The normalized spacial score (nSPS) is 14.4. The molecular formula is C17H25NO3. The highest BCUT2D eigenvalue weighted by Crippen LogP contribution is 2.31. The van der Waals surface area contributed by atoms with Crippen molar-refractivity contribution < 1.29 is 14.3 Å². The van der Waals surface area contributed by atoms with Crippen molar-refractivity contribution in [3.8, 4) is 11.5 Å². The summed E-state index contributed by atoms with van der Waals surface area (Å²) in [6.45, 7) is 5.96. The van der Waals surface area contributed by atoms with E-state index in [-0.39, 0.29) is 11.8 Å². The molecule has 0 aromatic heterocycles. The molecule has 1 saturated carbocycles. The second-order valence-corrected chi connectivity index (χ2v) is 5.40. The quantitative estimate of drug-likeness (QED) is 0.774. The maximum absolute atomic E-state index is 12.4. The van der Waals surface area contributed by atoms with Crippen LogP contribution >= 0.6 is 0 Å². The van der Waals surface area contributed by atoms with Crippen molar-refractivity contribution in [3.63, 3.8) is 0 Å². The number of amides is 1. The molecule has 116 valence electrons. The fraction of sp³-hybridized carbons (Fsp3) is 0.588. The summed E-state index contributed by atoms with van der Waals surface area (Å²) in [4.78, 5) is 14.3. The second-order valence-electron chi connectivity index (χ2n) is 5.40.